The second-order valence-electron chi connectivity index (χ2n) is 7.73. The SMILES string of the molecule is Cn1ncc(NC(=O)[C@H](CCCNC(=O)O)NC(=O)CCNC(=O)OC(C)(C)C)c1N. The van der Waals surface area contributed by atoms with Gasteiger partial charge in [0.15, 0.2) is 0 Å². The van der Waals surface area contributed by atoms with Gasteiger partial charge in [0.05, 0.1) is 6.20 Å². The number of carbonyl (C=O) groups excluding carboxylic acids is 3. The number of rotatable bonds is 10. The Balaban J connectivity index is 2.62. The van der Waals surface area contributed by atoms with Crippen molar-refractivity contribution in [3.8, 4) is 0 Å². The molecule has 0 aromatic carbocycles. The van der Waals surface area contributed by atoms with Crippen LogP contribution in [0.1, 0.15) is 40.0 Å². The summed E-state index contributed by atoms with van der Waals surface area (Å²) in [6.45, 7) is 5.29. The lowest BCUT2D eigenvalue weighted by Crippen LogP contribution is -2.45. The highest BCUT2D eigenvalue weighted by molar-refractivity contribution is 5.98. The standard InChI is InChI=1S/C18H31N7O6/c1-18(2,3)31-17(30)21-9-7-13(26)23-11(6-5-8-20-16(28)29)15(27)24-12-10-22-25(4)14(12)19/h10-11,20H,5-9,19H2,1-4H3,(H,21,30)(H,23,26)(H,24,27)(H,28,29)/t11-/m0/s1. The maximum Gasteiger partial charge on any atom is 0.407 e. The van der Waals surface area contributed by atoms with Gasteiger partial charge in [-0.2, -0.15) is 5.10 Å². The molecule has 0 saturated heterocycles. The molecule has 0 aliphatic rings. The molecular weight excluding hydrogens is 410 g/mol. The molecule has 13 nitrogen and oxygen atoms in total. The van der Waals surface area contributed by atoms with E-state index in [-0.39, 0.29) is 31.7 Å². The number of hydrogen-bond donors (Lipinski definition) is 6. The molecule has 0 spiro atoms. The Labute approximate surface area is 180 Å². The molecule has 1 atom stereocenters. The van der Waals surface area contributed by atoms with Crippen LogP contribution in [-0.4, -0.2) is 63.6 Å². The zero-order valence-corrected chi connectivity index (χ0v) is 18.2. The van der Waals surface area contributed by atoms with E-state index >= 15 is 0 Å². The lowest BCUT2D eigenvalue weighted by molar-refractivity contribution is -0.126. The van der Waals surface area contributed by atoms with Crippen LogP contribution < -0.4 is 27.0 Å². The van der Waals surface area contributed by atoms with Crippen LogP contribution in [0.25, 0.3) is 0 Å². The van der Waals surface area contributed by atoms with E-state index in [0.29, 0.717) is 12.1 Å². The first-order valence-electron chi connectivity index (χ1n) is 9.70. The lowest BCUT2D eigenvalue weighted by Gasteiger charge is -2.20. The molecule has 13 heteroatoms. The normalized spacial score (nSPS) is 11.9. The summed E-state index contributed by atoms with van der Waals surface area (Å²) in [6.07, 6.45) is -0.0439. The molecule has 0 fully saturated rings. The number of carboxylic acid groups (broad SMARTS) is 1. The van der Waals surface area contributed by atoms with Crippen molar-refractivity contribution in [2.24, 2.45) is 7.05 Å². The number of ether oxygens (including phenoxy) is 1. The monoisotopic (exact) mass is 441 g/mol. The van der Waals surface area contributed by atoms with Gasteiger partial charge >= 0.3 is 12.2 Å². The third-order valence-electron chi connectivity index (χ3n) is 3.86. The molecule has 1 aromatic rings. The minimum atomic E-state index is -1.18. The lowest BCUT2D eigenvalue weighted by atomic mass is 10.1. The average Bonchev–Trinajstić information content (AvgIpc) is 2.94. The number of carbonyl (C=O) groups is 4. The summed E-state index contributed by atoms with van der Waals surface area (Å²) in [5, 5.41) is 22.4. The smallest absolute Gasteiger partial charge is 0.407 e. The first-order chi connectivity index (χ1) is 14.4. The summed E-state index contributed by atoms with van der Waals surface area (Å²) in [7, 11) is 1.61. The topological polar surface area (TPSA) is 190 Å². The summed E-state index contributed by atoms with van der Waals surface area (Å²) in [5.74, 6) is -0.752. The van der Waals surface area contributed by atoms with Crippen molar-refractivity contribution in [1.82, 2.24) is 25.7 Å². The highest BCUT2D eigenvalue weighted by Gasteiger charge is 2.22. The van der Waals surface area contributed by atoms with E-state index in [4.69, 9.17) is 15.6 Å². The fourth-order valence-electron chi connectivity index (χ4n) is 2.39. The number of nitrogens with one attached hydrogen (secondary N) is 4. The van der Waals surface area contributed by atoms with E-state index < -0.39 is 35.6 Å². The van der Waals surface area contributed by atoms with Crippen molar-refractivity contribution in [3.05, 3.63) is 6.20 Å². The molecule has 174 valence electrons. The van der Waals surface area contributed by atoms with E-state index in [0.717, 1.165) is 0 Å². The van der Waals surface area contributed by atoms with Crippen LogP contribution in [0.4, 0.5) is 21.1 Å². The van der Waals surface area contributed by atoms with E-state index in [2.05, 4.69) is 26.4 Å². The number of amides is 4. The fraction of sp³-hybridized carbons (Fsp3) is 0.611. The molecular formula is C18H31N7O6. The molecule has 0 aliphatic carbocycles. The number of anilines is 2. The van der Waals surface area contributed by atoms with Gasteiger partial charge in [0.2, 0.25) is 11.8 Å². The van der Waals surface area contributed by atoms with Gasteiger partial charge < -0.3 is 36.8 Å². The Morgan fingerprint density at radius 1 is 1.23 bits per heavy atom. The zero-order valence-electron chi connectivity index (χ0n) is 18.2. The first-order valence-corrected chi connectivity index (χ1v) is 9.70. The largest absolute Gasteiger partial charge is 0.465 e. The number of nitrogen functional groups attached to an aromatic ring is 1. The number of hydrogen-bond acceptors (Lipinski definition) is 7. The molecule has 0 bridgehead atoms. The molecule has 0 radical (unpaired) electrons. The summed E-state index contributed by atoms with van der Waals surface area (Å²) in [6, 6.07) is -0.941. The third-order valence-corrected chi connectivity index (χ3v) is 3.86. The van der Waals surface area contributed by atoms with Crippen molar-refractivity contribution in [2.45, 2.75) is 51.7 Å². The Hall–Kier alpha value is -3.51. The molecule has 31 heavy (non-hydrogen) atoms. The Morgan fingerprint density at radius 2 is 1.90 bits per heavy atom. The second kappa shape index (κ2) is 11.6. The predicted octanol–water partition coefficient (Wildman–Crippen LogP) is 0.388. The van der Waals surface area contributed by atoms with Gasteiger partial charge in [-0.25, -0.2) is 9.59 Å². The molecule has 0 saturated carbocycles. The minimum Gasteiger partial charge on any atom is -0.465 e. The van der Waals surface area contributed by atoms with Gasteiger partial charge in [-0.1, -0.05) is 0 Å². The maximum absolute atomic E-state index is 12.6. The van der Waals surface area contributed by atoms with Crippen molar-refractivity contribution < 1.29 is 29.0 Å². The van der Waals surface area contributed by atoms with Gasteiger partial charge in [-0.3, -0.25) is 14.3 Å². The van der Waals surface area contributed by atoms with E-state index in [1.807, 2.05) is 0 Å². The van der Waals surface area contributed by atoms with Crippen molar-refractivity contribution in [1.29, 1.82) is 0 Å². The van der Waals surface area contributed by atoms with Crippen LogP contribution >= 0.6 is 0 Å². The molecule has 1 rings (SSSR count). The zero-order chi connectivity index (χ0) is 23.6. The number of aryl methyl sites for hydroxylation is 1. The van der Waals surface area contributed by atoms with E-state index in [9.17, 15) is 19.2 Å². The van der Waals surface area contributed by atoms with E-state index in [1.54, 1.807) is 27.8 Å². The fourth-order valence-corrected chi connectivity index (χ4v) is 2.39. The highest BCUT2D eigenvalue weighted by Crippen LogP contribution is 2.16. The average molecular weight is 441 g/mol. The van der Waals surface area contributed by atoms with Crippen LogP contribution in [-0.2, 0) is 21.4 Å². The predicted molar refractivity (Wildman–Crippen MR) is 112 cm³/mol. The van der Waals surface area contributed by atoms with Gasteiger partial charge in [-0.05, 0) is 33.6 Å². The second-order valence-corrected chi connectivity index (χ2v) is 7.73. The minimum absolute atomic E-state index is 0.0191. The molecule has 1 aromatic heterocycles. The molecule has 7 N–H and O–H groups in total. The first kappa shape index (κ1) is 25.5. The Kier molecular flexibility index (Phi) is 9.57. The third kappa shape index (κ3) is 10.2. The summed E-state index contributed by atoms with van der Waals surface area (Å²) in [4.78, 5) is 47.1. The van der Waals surface area contributed by atoms with Crippen LogP contribution in [0, 0.1) is 0 Å². The number of aromatic nitrogens is 2. The van der Waals surface area contributed by atoms with Gasteiger partial charge in [0.25, 0.3) is 0 Å². The maximum atomic E-state index is 12.6. The summed E-state index contributed by atoms with van der Waals surface area (Å²) < 4.78 is 6.46. The molecule has 0 unspecified atom stereocenters. The number of nitrogens with two attached hydrogens (primary N) is 1. The van der Waals surface area contributed by atoms with Crippen molar-refractivity contribution in [3.63, 3.8) is 0 Å². The number of nitrogens with zero attached hydrogens (tertiary/aromatic N) is 2. The van der Waals surface area contributed by atoms with Crippen LogP contribution in [0.5, 0.6) is 0 Å². The number of alkyl carbamates (subject to hydrolysis) is 1. The summed E-state index contributed by atoms with van der Waals surface area (Å²) >= 11 is 0. The van der Waals surface area contributed by atoms with Crippen molar-refractivity contribution >= 4 is 35.5 Å². The van der Waals surface area contributed by atoms with Gasteiger partial charge in [-0.15, -0.1) is 0 Å². The molecule has 4 amide bonds. The quantitative estimate of drug-likeness (QED) is 0.281. The van der Waals surface area contributed by atoms with Gasteiger partial charge in [0.1, 0.15) is 23.1 Å². The van der Waals surface area contributed by atoms with Crippen LogP contribution in [0.2, 0.25) is 0 Å². The summed E-state index contributed by atoms with van der Waals surface area (Å²) in [5.41, 5.74) is 5.45. The Morgan fingerprint density at radius 3 is 2.45 bits per heavy atom. The Bertz CT molecular complexity index is 787. The van der Waals surface area contributed by atoms with Gasteiger partial charge in [0, 0.05) is 26.6 Å². The highest BCUT2D eigenvalue weighted by atomic mass is 16.6. The molecule has 0 aliphatic heterocycles. The van der Waals surface area contributed by atoms with Crippen molar-refractivity contribution in [2.75, 3.05) is 24.1 Å². The van der Waals surface area contributed by atoms with Crippen LogP contribution in [0.15, 0.2) is 6.20 Å². The van der Waals surface area contributed by atoms with Crippen LogP contribution in [0.3, 0.4) is 0 Å². The molecule has 1 heterocycles. The van der Waals surface area contributed by atoms with E-state index in [1.165, 1.54) is 10.9 Å².